The fourth-order valence-electron chi connectivity index (χ4n) is 4.58. The zero-order chi connectivity index (χ0) is 35.2. The molecule has 2 aliphatic rings. The monoisotopic (exact) mass is 688 g/mol. The first-order valence-electron chi connectivity index (χ1n) is 15.6. The van der Waals surface area contributed by atoms with Crippen LogP contribution < -0.4 is 47.4 Å². The van der Waals surface area contributed by atoms with Crippen LogP contribution in [0.15, 0.2) is 47.5 Å². The molecule has 49 heavy (non-hydrogen) atoms. The molecule has 1 atom stereocenters. The van der Waals surface area contributed by atoms with Gasteiger partial charge in [0, 0.05) is 24.8 Å². The molecule has 1 aromatic heterocycles. The number of benzene rings is 2. The van der Waals surface area contributed by atoms with Crippen molar-refractivity contribution in [3.63, 3.8) is 0 Å². The number of hydrogen-bond donors (Lipinski definition) is 6. The fourth-order valence-corrected chi connectivity index (χ4v) is 4.58. The van der Waals surface area contributed by atoms with E-state index in [2.05, 4.69) is 35.9 Å². The molecule has 9 N–H and O–H groups in total. The maximum Gasteiger partial charge on any atom is 0.422 e. The Morgan fingerprint density at radius 2 is 1.67 bits per heavy atom. The lowest BCUT2D eigenvalue weighted by Crippen LogP contribution is -2.44. The van der Waals surface area contributed by atoms with Crippen molar-refractivity contribution in [3.05, 3.63) is 53.6 Å². The van der Waals surface area contributed by atoms with Gasteiger partial charge in [-0.15, -0.1) is 0 Å². The Hall–Kier alpha value is -5.55. The zero-order valence-electron chi connectivity index (χ0n) is 26.6. The summed E-state index contributed by atoms with van der Waals surface area (Å²) in [6.45, 7) is -0.339. The van der Waals surface area contributed by atoms with Crippen molar-refractivity contribution in [2.24, 2.45) is 22.2 Å². The molecule has 6 bridgehead atoms. The van der Waals surface area contributed by atoms with Gasteiger partial charge in [0.15, 0.2) is 12.6 Å². The number of carbonyl (C=O) groups excluding carboxylic acids is 2. The van der Waals surface area contributed by atoms with Crippen LogP contribution in [0.3, 0.4) is 0 Å². The average Bonchev–Trinajstić information content (AvgIpc) is 3.05. The summed E-state index contributed by atoms with van der Waals surface area (Å²) >= 11 is 0. The van der Waals surface area contributed by atoms with E-state index in [9.17, 15) is 22.8 Å². The normalized spacial score (nSPS) is 14.3. The molecule has 0 spiro atoms. The van der Waals surface area contributed by atoms with E-state index in [0.29, 0.717) is 30.9 Å². The molecule has 0 radical (unpaired) electrons. The minimum atomic E-state index is -4.62. The van der Waals surface area contributed by atoms with Gasteiger partial charge in [-0.2, -0.15) is 28.1 Å². The van der Waals surface area contributed by atoms with Gasteiger partial charge in [0.1, 0.15) is 17.5 Å². The number of aliphatic imine (C=N–C) groups is 1. The minimum absolute atomic E-state index is 0.0503. The van der Waals surface area contributed by atoms with Crippen molar-refractivity contribution in [3.8, 4) is 17.5 Å². The van der Waals surface area contributed by atoms with Gasteiger partial charge in [-0.05, 0) is 68.4 Å². The van der Waals surface area contributed by atoms with Gasteiger partial charge in [0.25, 0.3) is 5.91 Å². The highest BCUT2D eigenvalue weighted by molar-refractivity contribution is 6.00. The summed E-state index contributed by atoms with van der Waals surface area (Å²) in [6.07, 6.45) is -0.831. The Labute approximate surface area is 280 Å². The summed E-state index contributed by atoms with van der Waals surface area (Å²) in [5, 5.41) is 8.53. The Morgan fingerprint density at radius 3 is 2.37 bits per heavy atom. The van der Waals surface area contributed by atoms with Crippen LogP contribution in [0.5, 0.6) is 17.5 Å². The number of hydrogen-bond acceptors (Lipinski definition) is 11. The molecule has 264 valence electrons. The van der Waals surface area contributed by atoms with Crippen molar-refractivity contribution in [1.82, 2.24) is 20.3 Å². The van der Waals surface area contributed by atoms with E-state index in [1.165, 1.54) is 18.2 Å². The van der Waals surface area contributed by atoms with Gasteiger partial charge in [-0.25, -0.2) is 0 Å². The smallest absolute Gasteiger partial charge is 0.422 e. The summed E-state index contributed by atoms with van der Waals surface area (Å²) in [5.41, 5.74) is 17.5. The lowest BCUT2D eigenvalue weighted by molar-refractivity contribution is -0.154. The number of alkyl halides is 3. The third-order valence-electron chi connectivity index (χ3n) is 7.00. The number of nitrogens with zero attached hydrogens (tertiary/aromatic N) is 4. The number of nitrogens with two attached hydrogens (primary N) is 3. The van der Waals surface area contributed by atoms with Crippen molar-refractivity contribution >= 4 is 35.4 Å². The number of ether oxygens (including phenoxy) is 3. The first-order valence-corrected chi connectivity index (χ1v) is 15.6. The van der Waals surface area contributed by atoms with Crippen molar-refractivity contribution < 1.29 is 37.0 Å². The Balaban J connectivity index is 1.60. The molecule has 1 unspecified atom stereocenters. The molecule has 2 aliphatic heterocycles. The third kappa shape index (κ3) is 12.5. The summed E-state index contributed by atoms with van der Waals surface area (Å²) in [6, 6.07) is 10.3. The predicted molar refractivity (Wildman–Crippen MR) is 175 cm³/mol. The summed E-state index contributed by atoms with van der Waals surface area (Å²) in [7, 11) is 0. The number of guanidine groups is 1. The van der Waals surface area contributed by atoms with Gasteiger partial charge in [-0.3, -0.25) is 14.6 Å². The van der Waals surface area contributed by atoms with Crippen LogP contribution >= 0.6 is 0 Å². The highest BCUT2D eigenvalue weighted by Gasteiger charge is 2.29. The minimum Gasteiger partial charge on any atom is -0.494 e. The largest absolute Gasteiger partial charge is 0.494 e. The van der Waals surface area contributed by atoms with Gasteiger partial charge >= 0.3 is 12.2 Å². The molecule has 2 aromatic carbocycles. The summed E-state index contributed by atoms with van der Waals surface area (Å²) < 4.78 is 55.5. The van der Waals surface area contributed by atoms with E-state index in [1.54, 1.807) is 0 Å². The van der Waals surface area contributed by atoms with E-state index in [0.717, 1.165) is 24.8 Å². The first-order chi connectivity index (χ1) is 23.4. The summed E-state index contributed by atoms with van der Waals surface area (Å²) in [5.74, 6) is -0.767. The molecular formula is C31H39F3N10O5. The Kier molecular flexibility index (Phi) is 13.0. The average molecular weight is 689 g/mol. The van der Waals surface area contributed by atoms with Crippen molar-refractivity contribution in [2.45, 2.75) is 57.3 Å². The van der Waals surface area contributed by atoms with Crippen LogP contribution in [0.4, 0.5) is 30.8 Å². The van der Waals surface area contributed by atoms with Gasteiger partial charge in [0.2, 0.25) is 17.8 Å². The van der Waals surface area contributed by atoms with E-state index < -0.39 is 36.6 Å². The molecule has 0 aliphatic carbocycles. The molecule has 0 saturated carbocycles. The van der Waals surface area contributed by atoms with Gasteiger partial charge in [0.05, 0.1) is 18.8 Å². The second-order valence-corrected chi connectivity index (χ2v) is 11.0. The number of nitrogens with one attached hydrogen (secondary N) is 3. The van der Waals surface area contributed by atoms with Crippen LogP contribution in [0.2, 0.25) is 0 Å². The fraction of sp³-hybridized carbons (Fsp3) is 0.419. The molecule has 3 heterocycles. The highest BCUT2D eigenvalue weighted by atomic mass is 19.4. The van der Waals surface area contributed by atoms with Crippen LogP contribution in [-0.2, 0) is 11.3 Å². The predicted octanol–water partition coefficient (Wildman–Crippen LogP) is 3.14. The van der Waals surface area contributed by atoms with Gasteiger partial charge in [-0.1, -0.05) is 12.1 Å². The maximum atomic E-state index is 13.4. The van der Waals surface area contributed by atoms with E-state index in [4.69, 9.17) is 31.4 Å². The van der Waals surface area contributed by atoms with Crippen LogP contribution in [-0.4, -0.2) is 71.3 Å². The third-order valence-corrected chi connectivity index (χ3v) is 7.00. The second-order valence-electron chi connectivity index (χ2n) is 11.0. The molecular weight excluding hydrogens is 649 g/mol. The molecule has 2 amide bonds. The molecule has 15 nitrogen and oxygen atoms in total. The summed E-state index contributed by atoms with van der Waals surface area (Å²) in [4.78, 5) is 41.6. The Morgan fingerprint density at radius 1 is 0.959 bits per heavy atom. The number of rotatable bonds is 9. The maximum absolute atomic E-state index is 13.4. The van der Waals surface area contributed by atoms with E-state index in [1.807, 2.05) is 24.3 Å². The second kappa shape index (κ2) is 17.6. The lowest BCUT2D eigenvalue weighted by atomic mass is 10.1. The molecule has 3 aromatic rings. The number of carbonyl (C=O) groups is 2. The van der Waals surface area contributed by atoms with Crippen LogP contribution in [0.25, 0.3) is 0 Å². The molecule has 18 heteroatoms. The Bertz CT molecular complexity index is 1590. The highest BCUT2D eigenvalue weighted by Crippen LogP contribution is 2.27. The zero-order valence-corrected chi connectivity index (χ0v) is 26.6. The van der Waals surface area contributed by atoms with E-state index >= 15 is 0 Å². The molecule has 0 saturated heterocycles. The SMILES string of the molecule is NC(=O)C(CCCN=C(N)N)NC(=O)c1ccc2cc1OCCCCCCOc1ccc(cc1)CNc1nc(nc(OCC(F)(F)F)n1)N2. The number of halogens is 3. The molecule has 5 rings (SSSR count). The number of primary amides is 1. The number of fused-ring (bicyclic) bond motifs is 10. The van der Waals surface area contributed by atoms with Gasteiger partial charge < -0.3 is 47.4 Å². The number of aromatic nitrogens is 3. The lowest BCUT2D eigenvalue weighted by Gasteiger charge is -2.18. The topological polar surface area (TPSA) is 227 Å². The van der Waals surface area contributed by atoms with Crippen LogP contribution in [0, 0.1) is 0 Å². The number of anilines is 3. The first kappa shape index (κ1) is 36.3. The molecule has 0 fully saturated rings. The van der Waals surface area contributed by atoms with E-state index in [-0.39, 0.29) is 55.3 Å². The quantitative estimate of drug-likeness (QED) is 0.108. The van der Waals surface area contributed by atoms with Crippen LogP contribution in [0.1, 0.15) is 54.4 Å². The number of amides is 2. The standard InChI is InChI=1S/C31H39F3N10O5/c32-31(33,34)18-49-30-43-28-39-17-19-7-10-21(11-8-19)47-14-3-1-2-4-15-48-24-16-20(40-29(42-28)44-30)9-12-22(24)26(46)41-23(25(35)45)6-5-13-38-27(36)37/h7-12,16,23H,1-6,13-15,17-18H2,(H2,35,45)(H,41,46)(H4,36,37,38)(H2,39,40,42,43,44). The van der Waals surface area contributed by atoms with Crippen molar-refractivity contribution in [2.75, 3.05) is 37.0 Å². The van der Waals surface area contributed by atoms with Crippen molar-refractivity contribution in [1.29, 1.82) is 0 Å².